The Balaban J connectivity index is 1.88. The summed E-state index contributed by atoms with van der Waals surface area (Å²) < 4.78 is 28.0. The molecule has 36 heavy (non-hydrogen) atoms. The Morgan fingerprint density at radius 2 is 1.33 bits per heavy atom. The molecule has 0 radical (unpaired) electrons. The molecule has 0 unspecified atom stereocenters. The van der Waals surface area contributed by atoms with Crippen LogP contribution >= 0.6 is 0 Å². The largest absolute Gasteiger partial charge is 0.496 e. The number of furan rings is 1. The third kappa shape index (κ3) is 5.96. The highest BCUT2D eigenvalue weighted by atomic mass is 28.3. The molecule has 0 aliphatic carbocycles. The maximum absolute atomic E-state index is 13.0. The molecular formula is C27H37NO6Si2. The second kappa shape index (κ2) is 10.4. The molecule has 0 aliphatic rings. The van der Waals surface area contributed by atoms with Gasteiger partial charge in [0.05, 0.1) is 37.5 Å². The van der Waals surface area contributed by atoms with Crippen molar-refractivity contribution in [3.63, 3.8) is 0 Å². The van der Waals surface area contributed by atoms with Crippen LogP contribution in [0.2, 0.25) is 39.3 Å². The Morgan fingerprint density at radius 1 is 0.778 bits per heavy atom. The average molecular weight is 528 g/mol. The van der Waals surface area contributed by atoms with Crippen molar-refractivity contribution in [2.24, 2.45) is 0 Å². The standard InChI is InChI=1S/C27H37NO6Si2/c1-17-13-23(35(5,6)7)24(36(8,9)10)16-20(17)34-25-12-11-19(33-25)27(29)28-26-21(31-3)14-18(30-2)15-22(26)32-4/h11-16H,1-10H3,(H,28,29). The summed E-state index contributed by atoms with van der Waals surface area (Å²) in [5.74, 6) is 1.99. The van der Waals surface area contributed by atoms with Crippen molar-refractivity contribution in [3.8, 4) is 28.9 Å². The van der Waals surface area contributed by atoms with Crippen LogP contribution in [0.15, 0.2) is 40.8 Å². The lowest BCUT2D eigenvalue weighted by atomic mass is 10.2. The number of hydrogen-bond acceptors (Lipinski definition) is 6. The third-order valence-corrected chi connectivity index (χ3v) is 10.2. The quantitative estimate of drug-likeness (QED) is 0.357. The summed E-state index contributed by atoms with van der Waals surface area (Å²) in [6.45, 7) is 16.2. The maximum atomic E-state index is 13.0. The molecule has 2 aromatic carbocycles. The zero-order valence-electron chi connectivity index (χ0n) is 22.9. The fraction of sp³-hybridized carbons (Fsp3) is 0.370. The van der Waals surface area contributed by atoms with E-state index in [9.17, 15) is 4.79 Å². The molecule has 1 amide bonds. The van der Waals surface area contributed by atoms with Crippen molar-refractivity contribution < 1.29 is 28.2 Å². The Morgan fingerprint density at radius 3 is 1.83 bits per heavy atom. The normalized spacial score (nSPS) is 11.7. The van der Waals surface area contributed by atoms with Gasteiger partial charge in [0, 0.05) is 18.2 Å². The van der Waals surface area contributed by atoms with Crippen LogP contribution in [0.3, 0.4) is 0 Å². The van der Waals surface area contributed by atoms with E-state index in [-0.39, 0.29) is 11.7 Å². The number of benzene rings is 2. The van der Waals surface area contributed by atoms with Crippen LogP contribution in [-0.2, 0) is 0 Å². The van der Waals surface area contributed by atoms with Crippen LogP contribution in [-0.4, -0.2) is 43.4 Å². The zero-order valence-corrected chi connectivity index (χ0v) is 24.9. The van der Waals surface area contributed by atoms with Gasteiger partial charge in [-0.1, -0.05) is 55.7 Å². The minimum absolute atomic E-state index is 0.103. The third-order valence-electron chi connectivity index (χ3n) is 5.90. The molecule has 0 saturated heterocycles. The number of carbonyl (C=O) groups is 1. The number of nitrogens with one attached hydrogen (secondary N) is 1. The molecule has 0 spiro atoms. The first kappa shape index (κ1) is 27.4. The molecule has 0 bridgehead atoms. The summed E-state index contributed by atoms with van der Waals surface area (Å²) in [5.41, 5.74) is 1.42. The van der Waals surface area contributed by atoms with Gasteiger partial charge < -0.3 is 28.7 Å². The monoisotopic (exact) mass is 527 g/mol. The highest BCUT2D eigenvalue weighted by molar-refractivity contribution is 6.98. The van der Waals surface area contributed by atoms with Crippen LogP contribution < -0.4 is 34.6 Å². The lowest BCUT2D eigenvalue weighted by Gasteiger charge is -2.29. The number of aryl methyl sites for hydroxylation is 1. The molecule has 0 atom stereocenters. The topological polar surface area (TPSA) is 79.2 Å². The highest BCUT2D eigenvalue weighted by Gasteiger charge is 2.29. The summed E-state index contributed by atoms with van der Waals surface area (Å²) in [6, 6.07) is 11.0. The number of amides is 1. The number of anilines is 1. The van der Waals surface area contributed by atoms with Crippen molar-refractivity contribution in [2.75, 3.05) is 26.6 Å². The molecule has 3 aromatic rings. The van der Waals surface area contributed by atoms with Crippen molar-refractivity contribution in [2.45, 2.75) is 46.2 Å². The van der Waals surface area contributed by atoms with E-state index in [0.29, 0.717) is 22.9 Å². The van der Waals surface area contributed by atoms with Gasteiger partial charge in [0.2, 0.25) is 0 Å². The summed E-state index contributed by atoms with van der Waals surface area (Å²) >= 11 is 0. The Labute approximate surface area is 215 Å². The lowest BCUT2D eigenvalue weighted by Crippen LogP contribution is -2.56. The number of hydrogen-bond donors (Lipinski definition) is 1. The van der Waals surface area contributed by atoms with Gasteiger partial charge in [-0.25, -0.2) is 0 Å². The van der Waals surface area contributed by atoms with E-state index in [4.69, 9.17) is 23.4 Å². The first-order valence-electron chi connectivity index (χ1n) is 11.8. The minimum Gasteiger partial charge on any atom is -0.496 e. The smallest absolute Gasteiger partial charge is 0.291 e. The summed E-state index contributed by atoms with van der Waals surface area (Å²) in [5, 5.41) is 5.69. The molecule has 3 rings (SSSR count). The summed E-state index contributed by atoms with van der Waals surface area (Å²) in [7, 11) is 1.42. The van der Waals surface area contributed by atoms with Crippen molar-refractivity contribution in [3.05, 3.63) is 47.7 Å². The van der Waals surface area contributed by atoms with Gasteiger partial charge in [-0.05, 0) is 24.6 Å². The summed E-state index contributed by atoms with van der Waals surface area (Å²) in [4.78, 5) is 13.0. The SMILES string of the molecule is COc1cc(OC)c(NC(=O)c2ccc(Oc3cc([Si](C)(C)C)c([Si](C)(C)C)cc3C)o2)c(OC)c1. The average Bonchev–Trinajstić information content (AvgIpc) is 3.27. The number of carbonyl (C=O) groups excluding carboxylic acids is 1. The zero-order chi connectivity index (χ0) is 26.8. The first-order valence-corrected chi connectivity index (χ1v) is 18.8. The van der Waals surface area contributed by atoms with E-state index in [1.165, 1.54) is 24.6 Å². The maximum Gasteiger partial charge on any atom is 0.291 e. The molecule has 9 heteroatoms. The van der Waals surface area contributed by atoms with E-state index in [1.54, 1.807) is 31.4 Å². The molecule has 0 fully saturated rings. The highest BCUT2D eigenvalue weighted by Crippen LogP contribution is 2.39. The van der Waals surface area contributed by atoms with Crippen LogP contribution in [0.1, 0.15) is 16.1 Å². The van der Waals surface area contributed by atoms with Crippen LogP contribution in [0.25, 0.3) is 0 Å². The van der Waals surface area contributed by atoms with E-state index < -0.39 is 22.1 Å². The Hall–Kier alpha value is -3.18. The molecule has 0 saturated carbocycles. The van der Waals surface area contributed by atoms with E-state index >= 15 is 0 Å². The van der Waals surface area contributed by atoms with Crippen molar-refractivity contribution in [1.82, 2.24) is 0 Å². The molecule has 1 N–H and O–H groups in total. The molecule has 1 heterocycles. The predicted molar refractivity (Wildman–Crippen MR) is 150 cm³/mol. The van der Waals surface area contributed by atoms with Gasteiger partial charge >= 0.3 is 0 Å². The fourth-order valence-corrected chi connectivity index (χ4v) is 9.17. The second-order valence-corrected chi connectivity index (χ2v) is 20.8. The van der Waals surface area contributed by atoms with E-state index in [1.807, 2.05) is 6.92 Å². The van der Waals surface area contributed by atoms with Crippen molar-refractivity contribution >= 4 is 38.1 Å². The number of ether oxygens (including phenoxy) is 4. The molecule has 1 aromatic heterocycles. The van der Waals surface area contributed by atoms with Gasteiger partial charge in [0.15, 0.2) is 5.76 Å². The van der Waals surface area contributed by atoms with Crippen molar-refractivity contribution in [1.29, 1.82) is 0 Å². The van der Waals surface area contributed by atoms with Gasteiger partial charge in [-0.15, -0.1) is 0 Å². The Kier molecular flexibility index (Phi) is 7.95. The summed E-state index contributed by atoms with van der Waals surface area (Å²) in [6.07, 6.45) is 0. The van der Waals surface area contributed by atoms with Gasteiger partial charge in [-0.2, -0.15) is 0 Å². The van der Waals surface area contributed by atoms with Gasteiger partial charge in [-0.3, -0.25) is 4.79 Å². The number of methoxy groups -OCH3 is 3. The molecule has 0 aliphatic heterocycles. The van der Waals surface area contributed by atoms with E-state index in [2.05, 4.69) is 56.7 Å². The lowest BCUT2D eigenvalue weighted by molar-refractivity contribution is 0.0991. The Bertz CT molecular complexity index is 1230. The fourth-order valence-electron chi connectivity index (χ4n) is 3.95. The van der Waals surface area contributed by atoms with Gasteiger partial charge in [0.1, 0.15) is 28.7 Å². The van der Waals surface area contributed by atoms with Crippen LogP contribution in [0.4, 0.5) is 5.69 Å². The molecular weight excluding hydrogens is 490 g/mol. The van der Waals surface area contributed by atoms with Gasteiger partial charge in [0.25, 0.3) is 11.9 Å². The first-order chi connectivity index (χ1) is 16.8. The van der Waals surface area contributed by atoms with Crippen LogP contribution in [0, 0.1) is 6.92 Å². The van der Waals surface area contributed by atoms with Crippen LogP contribution in [0.5, 0.6) is 28.9 Å². The minimum atomic E-state index is -1.61. The predicted octanol–water partition coefficient (Wildman–Crippen LogP) is 5.75. The number of rotatable bonds is 9. The van der Waals surface area contributed by atoms with E-state index in [0.717, 1.165) is 11.3 Å². The molecule has 7 nitrogen and oxygen atoms in total. The second-order valence-electron chi connectivity index (χ2n) is 10.7. The molecule has 194 valence electrons.